The van der Waals surface area contributed by atoms with E-state index in [-0.39, 0.29) is 12.4 Å². The highest BCUT2D eigenvalue weighted by Crippen LogP contribution is 2.11. The average molecular weight is 264 g/mol. The fourth-order valence-corrected chi connectivity index (χ4v) is 2.64. The van der Waals surface area contributed by atoms with Gasteiger partial charge in [0.05, 0.1) is 6.61 Å². The fraction of sp³-hybridized carbons (Fsp3) is 1.00. The molecule has 0 saturated carbocycles. The summed E-state index contributed by atoms with van der Waals surface area (Å²) in [5.74, 6) is 0. The smallest absolute Gasteiger partial charge is 0.0593 e. The summed E-state index contributed by atoms with van der Waals surface area (Å²) < 4.78 is 5.40. The largest absolute Gasteiger partial charge is 0.380 e. The monoisotopic (exact) mass is 263 g/mol. The Morgan fingerprint density at radius 3 is 2.59 bits per heavy atom. The van der Waals surface area contributed by atoms with Gasteiger partial charge in [-0.05, 0) is 19.9 Å². The van der Waals surface area contributed by atoms with Crippen molar-refractivity contribution in [2.75, 3.05) is 59.0 Å². The summed E-state index contributed by atoms with van der Waals surface area (Å²) in [6, 6.07) is 0.800. The fourth-order valence-electron chi connectivity index (χ4n) is 2.64. The predicted molar refractivity (Wildman–Crippen MR) is 73.0 cm³/mol. The molecule has 2 fully saturated rings. The highest BCUT2D eigenvalue weighted by molar-refractivity contribution is 5.85. The normalized spacial score (nSPS) is 27.0. The molecule has 0 aliphatic carbocycles. The zero-order valence-corrected chi connectivity index (χ0v) is 11.7. The standard InChI is InChI=1S/C12H25N3O.ClH/c1-2-16-10-9-14-5-7-15(8-6-14)12-3-4-13-11-12;/h12-13H,2-11H2,1H3;1H. The number of nitrogens with one attached hydrogen (secondary N) is 1. The molecular weight excluding hydrogens is 238 g/mol. The Labute approximate surface area is 111 Å². The lowest BCUT2D eigenvalue weighted by Crippen LogP contribution is -2.51. The van der Waals surface area contributed by atoms with Crippen LogP contribution in [0, 0.1) is 0 Å². The molecule has 0 radical (unpaired) electrons. The van der Waals surface area contributed by atoms with Crippen molar-refractivity contribution in [3.8, 4) is 0 Å². The number of halogens is 1. The molecular formula is C12H26ClN3O. The van der Waals surface area contributed by atoms with Crippen LogP contribution in [-0.4, -0.2) is 74.9 Å². The lowest BCUT2D eigenvalue weighted by Gasteiger charge is -2.37. The first kappa shape index (κ1) is 15.2. The van der Waals surface area contributed by atoms with Crippen molar-refractivity contribution in [1.29, 1.82) is 0 Å². The highest BCUT2D eigenvalue weighted by atomic mass is 35.5. The molecule has 1 N–H and O–H groups in total. The number of piperazine rings is 1. The third-order valence-corrected chi connectivity index (χ3v) is 3.71. The van der Waals surface area contributed by atoms with Crippen LogP contribution in [0.5, 0.6) is 0 Å². The minimum Gasteiger partial charge on any atom is -0.380 e. The lowest BCUT2D eigenvalue weighted by atomic mass is 10.2. The van der Waals surface area contributed by atoms with E-state index in [0.717, 1.165) is 25.8 Å². The van der Waals surface area contributed by atoms with Crippen LogP contribution in [0.25, 0.3) is 0 Å². The summed E-state index contributed by atoms with van der Waals surface area (Å²) in [5.41, 5.74) is 0. The van der Waals surface area contributed by atoms with E-state index in [0.29, 0.717) is 0 Å². The highest BCUT2D eigenvalue weighted by Gasteiger charge is 2.25. The summed E-state index contributed by atoms with van der Waals surface area (Å²) in [4.78, 5) is 5.17. The molecule has 0 bridgehead atoms. The van der Waals surface area contributed by atoms with E-state index < -0.39 is 0 Å². The van der Waals surface area contributed by atoms with Gasteiger partial charge in [-0.3, -0.25) is 9.80 Å². The van der Waals surface area contributed by atoms with Gasteiger partial charge in [0.1, 0.15) is 0 Å². The minimum atomic E-state index is 0. The van der Waals surface area contributed by atoms with Gasteiger partial charge in [-0.2, -0.15) is 0 Å². The Bertz CT molecular complexity index is 192. The Hall–Kier alpha value is 0.130. The van der Waals surface area contributed by atoms with Gasteiger partial charge in [0.25, 0.3) is 0 Å². The molecule has 5 heteroatoms. The van der Waals surface area contributed by atoms with Gasteiger partial charge < -0.3 is 10.1 Å². The van der Waals surface area contributed by atoms with Crippen LogP contribution in [-0.2, 0) is 4.74 Å². The minimum absolute atomic E-state index is 0. The summed E-state index contributed by atoms with van der Waals surface area (Å²) in [5, 5.41) is 3.45. The molecule has 1 atom stereocenters. The van der Waals surface area contributed by atoms with Crippen LogP contribution in [0.3, 0.4) is 0 Å². The van der Waals surface area contributed by atoms with E-state index in [2.05, 4.69) is 22.0 Å². The Morgan fingerprint density at radius 1 is 1.24 bits per heavy atom. The molecule has 0 aromatic heterocycles. The van der Waals surface area contributed by atoms with Gasteiger partial charge in [-0.1, -0.05) is 0 Å². The van der Waals surface area contributed by atoms with E-state index in [4.69, 9.17) is 4.74 Å². The summed E-state index contributed by atoms with van der Waals surface area (Å²) >= 11 is 0. The number of rotatable bonds is 5. The molecule has 0 spiro atoms. The molecule has 0 aromatic rings. The quantitative estimate of drug-likeness (QED) is 0.728. The predicted octanol–water partition coefficient (Wildman–Crippen LogP) is 0.424. The number of nitrogens with zero attached hydrogens (tertiary/aromatic N) is 2. The molecule has 0 aromatic carbocycles. The number of ether oxygens (including phenoxy) is 1. The van der Waals surface area contributed by atoms with Crippen molar-refractivity contribution in [2.24, 2.45) is 0 Å². The number of hydrogen-bond acceptors (Lipinski definition) is 4. The summed E-state index contributed by atoms with van der Waals surface area (Å²) in [6.45, 7) is 12.2. The second-order valence-electron chi connectivity index (χ2n) is 4.72. The Kier molecular flexibility index (Phi) is 7.39. The molecule has 102 valence electrons. The van der Waals surface area contributed by atoms with Crippen molar-refractivity contribution < 1.29 is 4.74 Å². The van der Waals surface area contributed by atoms with E-state index in [1.807, 2.05) is 0 Å². The van der Waals surface area contributed by atoms with Crippen LogP contribution in [0.2, 0.25) is 0 Å². The summed E-state index contributed by atoms with van der Waals surface area (Å²) in [7, 11) is 0. The van der Waals surface area contributed by atoms with Gasteiger partial charge >= 0.3 is 0 Å². The maximum Gasteiger partial charge on any atom is 0.0593 e. The second kappa shape index (κ2) is 8.27. The topological polar surface area (TPSA) is 27.7 Å². The van der Waals surface area contributed by atoms with Gasteiger partial charge in [-0.25, -0.2) is 0 Å². The van der Waals surface area contributed by atoms with Crippen LogP contribution in [0.15, 0.2) is 0 Å². The van der Waals surface area contributed by atoms with Crippen LogP contribution in [0.4, 0.5) is 0 Å². The van der Waals surface area contributed by atoms with Gasteiger partial charge in [0.2, 0.25) is 0 Å². The van der Waals surface area contributed by atoms with Crippen LogP contribution < -0.4 is 5.32 Å². The van der Waals surface area contributed by atoms with Crippen molar-refractivity contribution >= 4 is 12.4 Å². The van der Waals surface area contributed by atoms with Gasteiger partial charge in [0.15, 0.2) is 0 Å². The van der Waals surface area contributed by atoms with Gasteiger partial charge in [-0.15, -0.1) is 12.4 Å². The Balaban J connectivity index is 0.00000144. The SMILES string of the molecule is CCOCCN1CCN(C2CCNC2)CC1.Cl. The maximum absolute atomic E-state index is 5.40. The second-order valence-corrected chi connectivity index (χ2v) is 4.72. The number of hydrogen-bond donors (Lipinski definition) is 1. The molecule has 17 heavy (non-hydrogen) atoms. The van der Waals surface area contributed by atoms with Crippen LogP contribution in [0.1, 0.15) is 13.3 Å². The lowest BCUT2D eigenvalue weighted by molar-refractivity contribution is 0.0678. The van der Waals surface area contributed by atoms with Crippen molar-refractivity contribution in [3.63, 3.8) is 0 Å². The van der Waals surface area contributed by atoms with E-state index in [1.54, 1.807) is 0 Å². The van der Waals surface area contributed by atoms with Crippen molar-refractivity contribution in [2.45, 2.75) is 19.4 Å². The molecule has 2 saturated heterocycles. The maximum atomic E-state index is 5.40. The van der Waals surface area contributed by atoms with E-state index >= 15 is 0 Å². The zero-order chi connectivity index (χ0) is 11.2. The molecule has 4 nitrogen and oxygen atoms in total. The zero-order valence-electron chi connectivity index (χ0n) is 10.9. The molecule has 2 heterocycles. The molecule has 2 aliphatic heterocycles. The molecule has 0 amide bonds. The van der Waals surface area contributed by atoms with Crippen molar-refractivity contribution in [3.05, 3.63) is 0 Å². The first-order valence-electron chi connectivity index (χ1n) is 6.65. The summed E-state index contributed by atoms with van der Waals surface area (Å²) in [6.07, 6.45) is 1.33. The third-order valence-electron chi connectivity index (χ3n) is 3.71. The Morgan fingerprint density at radius 2 is 2.00 bits per heavy atom. The van der Waals surface area contributed by atoms with Crippen LogP contribution >= 0.6 is 12.4 Å². The third kappa shape index (κ3) is 4.72. The molecule has 2 aliphatic rings. The van der Waals surface area contributed by atoms with Gasteiger partial charge in [0, 0.05) is 51.9 Å². The van der Waals surface area contributed by atoms with E-state index in [1.165, 1.54) is 45.7 Å². The molecule has 1 unspecified atom stereocenters. The molecule has 2 rings (SSSR count). The van der Waals surface area contributed by atoms with E-state index in [9.17, 15) is 0 Å². The first-order chi connectivity index (χ1) is 7.90. The first-order valence-corrected chi connectivity index (χ1v) is 6.65. The van der Waals surface area contributed by atoms with Crippen molar-refractivity contribution in [1.82, 2.24) is 15.1 Å². The average Bonchev–Trinajstić information content (AvgIpc) is 2.84.